The van der Waals surface area contributed by atoms with Crippen molar-refractivity contribution in [3.63, 3.8) is 0 Å². The molecule has 0 aliphatic carbocycles. The molecule has 1 unspecified atom stereocenters. The molecule has 0 aliphatic rings. The van der Waals surface area contributed by atoms with E-state index in [1.807, 2.05) is 25.1 Å². The molecule has 1 aromatic carbocycles. The van der Waals surface area contributed by atoms with E-state index in [0.717, 1.165) is 29.1 Å². The Balaban J connectivity index is 2.84. The maximum atomic E-state index is 12.2. The molecule has 2 nitrogen and oxygen atoms in total. The van der Waals surface area contributed by atoms with E-state index < -0.39 is 10.8 Å². The fourth-order valence-corrected chi connectivity index (χ4v) is 3.40. The largest absolute Gasteiger partial charge is 0.398 e. The van der Waals surface area contributed by atoms with Gasteiger partial charge in [-0.25, -0.2) is 0 Å². The van der Waals surface area contributed by atoms with Crippen molar-refractivity contribution >= 4 is 16.5 Å². The summed E-state index contributed by atoms with van der Waals surface area (Å²) in [6, 6.07) is 5.75. The monoisotopic (exact) mass is 239 g/mol. The first-order valence-electron chi connectivity index (χ1n) is 5.83. The van der Waals surface area contributed by atoms with Gasteiger partial charge in [-0.05, 0) is 24.5 Å². The summed E-state index contributed by atoms with van der Waals surface area (Å²) in [4.78, 5) is 0.798. The van der Waals surface area contributed by atoms with Crippen LogP contribution in [0.25, 0.3) is 0 Å². The van der Waals surface area contributed by atoms with E-state index in [-0.39, 0.29) is 0 Å². The van der Waals surface area contributed by atoms with Crippen LogP contribution in [0, 0.1) is 12.8 Å². The molecule has 90 valence electrons. The van der Waals surface area contributed by atoms with Crippen molar-refractivity contribution in [2.45, 2.75) is 38.5 Å². The summed E-state index contributed by atoms with van der Waals surface area (Å²) in [6.07, 6.45) is 2.15. The van der Waals surface area contributed by atoms with Crippen LogP contribution in [0.1, 0.15) is 32.3 Å². The Morgan fingerprint density at radius 2 is 1.94 bits per heavy atom. The summed E-state index contributed by atoms with van der Waals surface area (Å²) in [5, 5.41) is 0. The Morgan fingerprint density at radius 1 is 1.31 bits per heavy atom. The molecule has 0 saturated heterocycles. The van der Waals surface area contributed by atoms with E-state index in [1.165, 1.54) is 0 Å². The van der Waals surface area contributed by atoms with Crippen LogP contribution in [0.3, 0.4) is 0 Å². The Morgan fingerprint density at radius 3 is 2.50 bits per heavy atom. The van der Waals surface area contributed by atoms with E-state index in [1.54, 1.807) is 0 Å². The van der Waals surface area contributed by atoms with E-state index in [4.69, 9.17) is 5.73 Å². The average Bonchev–Trinajstić information content (AvgIpc) is 2.29. The van der Waals surface area contributed by atoms with Crippen LogP contribution in [0.2, 0.25) is 0 Å². The van der Waals surface area contributed by atoms with Crippen LogP contribution in [0.4, 0.5) is 5.69 Å². The van der Waals surface area contributed by atoms with Crippen molar-refractivity contribution < 1.29 is 4.21 Å². The predicted molar refractivity (Wildman–Crippen MR) is 70.9 cm³/mol. The number of benzene rings is 1. The third kappa shape index (κ3) is 3.08. The molecule has 1 rings (SSSR count). The second-order valence-corrected chi connectivity index (χ2v) is 5.65. The second-order valence-electron chi connectivity index (χ2n) is 4.18. The van der Waals surface area contributed by atoms with Crippen LogP contribution in [-0.2, 0) is 10.8 Å². The van der Waals surface area contributed by atoms with Crippen molar-refractivity contribution in [1.82, 2.24) is 0 Å². The van der Waals surface area contributed by atoms with Gasteiger partial charge in [0.15, 0.2) is 0 Å². The summed E-state index contributed by atoms with van der Waals surface area (Å²) in [6.45, 7) is 6.24. The molecule has 0 amide bonds. The summed E-state index contributed by atoms with van der Waals surface area (Å²) in [7, 11) is -0.960. The van der Waals surface area contributed by atoms with Crippen molar-refractivity contribution in [2.75, 3.05) is 11.5 Å². The molecule has 0 fully saturated rings. The zero-order valence-electron chi connectivity index (χ0n) is 10.3. The molecule has 0 spiro atoms. The molecule has 0 aromatic heterocycles. The molecule has 16 heavy (non-hydrogen) atoms. The molecule has 2 N–H and O–H groups in total. The Hall–Kier alpha value is -0.830. The quantitative estimate of drug-likeness (QED) is 0.802. The second kappa shape index (κ2) is 6.04. The lowest BCUT2D eigenvalue weighted by Gasteiger charge is -2.13. The first-order chi connectivity index (χ1) is 7.60. The summed E-state index contributed by atoms with van der Waals surface area (Å²) in [5.74, 6) is 1.25. The van der Waals surface area contributed by atoms with Gasteiger partial charge < -0.3 is 5.73 Å². The zero-order chi connectivity index (χ0) is 12.1. The Kier molecular flexibility index (Phi) is 5.00. The van der Waals surface area contributed by atoms with Crippen LogP contribution < -0.4 is 5.73 Å². The molecule has 1 atom stereocenters. The highest BCUT2D eigenvalue weighted by molar-refractivity contribution is 7.85. The first-order valence-corrected chi connectivity index (χ1v) is 7.15. The van der Waals surface area contributed by atoms with Gasteiger partial charge in [0.05, 0.1) is 21.4 Å². The predicted octanol–water partition coefficient (Wildman–Crippen LogP) is 3.12. The number of hydrogen-bond donors (Lipinski definition) is 1. The molecular weight excluding hydrogens is 218 g/mol. The minimum Gasteiger partial charge on any atom is -0.398 e. The van der Waals surface area contributed by atoms with Gasteiger partial charge in [0, 0.05) is 5.75 Å². The smallest absolute Gasteiger partial charge is 0.0620 e. The van der Waals surface area contributed by atoms with E-state index >= 15 is 0 Å². The number of para-hydroxylation sites is 1. The number of anilines is 1. The zero-order valence-corrected chi connectivity index (χ0v) is 11.1. The third-order valence-corrected chi connectivity index (χ3v) is 4.69. The van der Waals surface area contributed by atoms with Gasteiger partial charge in [-0.3, -0.25) is 4.21 Å². The highest BCUT2D eigenvalue weighted by Gasteiger charge is 2.13. The highest BCUT2D eigenvalue weighted by Crippen LogP contribution is 2.22. The summed E-state index contributed by atoms with van der Waals surface area (Å²) >= 11 is 0. The average molecular weight is 239 g/mol. The maximum absolute atomic E-state index is 12.2. The highest BCUT2D eigenvalue weighted by atomic mass is 32.2. The van der Waals surface area contributed by atoms with Gasteiger partial charge in [0.2, 0.25) is 0 Å². The molecule has 3 heteroatoms. The van der Waals surface area contributed by atoms with Crippen molar-refractivity contribution in [2.24, 2.45) is 5.92 Å². The van der Waals surface area contributed by atoms with Crippen LogP contribution >= 0.6 is 0 Å². The van der Waals surface area contributed by atoms with E-state index in [0.29, 0.717) is 11.6 Å². The maximum Gasteiger partial charge on any atom is 0.0620 e. The SMILES string of the molecule is CCC(CC)CS(=O)c1cccc(C)c1N. The lowest BCUT2D eigenvalue weighted by atomic mass is 10.1. The van der Waals surface area contributed by atoms with Crippen LogP contribution in [-0.4, -0.2) is 9.96 Å². The number of aryl methyl sites for hydroxylation is 1. The molecule has 0 aliphatic heterocycles. The topological polar surface area (TPSA) is 43.1 Å². The summed E-state index contributed by atoms with van der Waals surface area (Å²) < 4.78 is 12.2. The molecule has 0 radical (unpaired) electrons. The molecule has 0 saturated carbocycles. The number of hydrogen-bond acceptors (Lipinski definition) is 2. The van der Waals surface area contributed by atoms with Crippen molar-refractivity contribution in [3.8, 4) is 0 Å². The van der Waals surface area contributed by atoms with Gasteiger partial charge in [0.25, 0.3) is 0 Å². The van der Waals surface area contributed by atoms with Crippen molar-refractivity contribution in [3.05, 3.63) is 23.8 Å². The van der Waals surface area contributed by atoms with Gasteiger partial charge in [-0.2, -0.15) is 0 Å². The van der Waals surface area contributed by atoms with Gasteiger partial charge in [-0.1, -0.05) is 38.8 Å². The minimum absolute atomic E-state index is 0.528. The van der Waals surface area contributed by atoms with Crippen LogP contribution in [0.5, 0.6) is 0 Å². The standard InChI is InChI=1S/C13H21NOS/c1-4-11(5-2)9-16(15)12-8-6-7-10(3)13(12)14/h6-8,11H,4-5,9,14H2,1-3H3. The normalized spacial score (nSPS) is 13.0. The van der Waals surface area contributed by atoms with Gasteiger partial charge in [-0.15, -0.1) is 0 Å². The Bertz CT molecular complexity index is 372. The Labute approximate surface area is 101 Å². The first kappa shape index (κ1) is 13.2. The number of nitrogen functional groups attached to an aromatic ring is 1. The van der Waals surface area contributed by atoms with Gasteiger partial charge >= 0.3 is 0 Å². The number of rotatable bonds is 5. The minimum atomic E-state index is -0.960. The van der Waals surface area contributed by atoms with Gasteiger partial charge in [0.1, 0.15) is 0 Å². The lowest BCUT2D eigenvalue weighted by molar-refractivity contribution is 0.545. The number of nitrogens with two attached hydrogens (primary N) is 1. The lowest BCUT2D eigenvalue weighted by Crippen LogP contribution is -2.11. The molecule has 0 heterocycles. The fraction of sp³-hybridized carbons (Fsp3) is 0.538. The van der Waals surface area contributed by atoms with Crippen LogP contribution in [0.15, 0.2) is 23.1 Å². The van der Waals surface area contributed by atoms with Crippen molar-refractivity contribution in [1.29, 1.82) is 0 Å². The molecule has 0 bridgehead atoms. The summed E-state index contributed by atoms with van der Waals surface area (Å²) in [5.41, 5.74) is 7.65. The molecular formula is C13H21NOS. The fourth-order valence-electron chi connectivity index (χ4n) is 1.68. The third-order valence-electron chi connectivity index (χ3n) is 3.07. The molecule has 1 aromatic rings. The van der Waals surface area contributed by atoms with E-state index in [9.17, 15) is 4.21 Å². The van der Waals surface area contributed by atoms with E-state index in [2.05, 4.69) is 13.8 Å².